The Morgan fingerprint density at radius 1 is 0.615 bits per heavy atom. The van der Waals surface area contributed by atoms with Crippen molar-refractivity contribution < 1.29 is 17.0 Å². The largest absolute Gasteiger partial charge is 1.00 e. The Kier molecular flexibility index (Phi) is 17.0. The maximum atomic E-state index is 6.32. The number of nitrogen functional groups attached to an aromatic ring is 2. The summed E-state index contributed by atoms with van der Waals surface area (Å²) in [6, 6.07) is 31.7. The van der Waals surface area contributed by atoms with Crippen molar-refractivity contribution >= 4 is 86.9 Å². The molecule has 0 unspecified atom stereocenters. The van der Waals surface area contributed by atoms with Gasteiger partial charge in [0.2, 0.25) is 11.2 Å². The normalized spacial score (nSPS) is 11.9. The molecule has 0 aliphatic heterocycles. The van der Waals surface area contributed by atoms with Crippen LogP contribution < -0.4 is 44.4 Å². The van der Waals surface area contributed by atoms with E-state index < -0.39 is 0 Å². The van der Waals surface area contributed by atoms with E-state index in [-0.39, 0.29) is 49.6 Å². The molecule has 4 aromatic carbocycles. The lowest BCUT2D eigenvalue weighted by molar-refractivity contribution is -0.659. The van der Waals surface area contributed by atoms with Crippen molar-refractivity contribution in [1.82, 2.24) is 15.6 Å². The van der Waals surface area contributed by atoms with Gasteiger partial charge in [0.1, 0.15) is 0 Å². The summed E-state index contributed by atoms with van der Waals surface area (Å²) >= 11 is 0. The number of nitrogens with zero attached hydrogens (tertiary/aromatic N) is 2. The van der Waals surface area contributed by atoms with Gasteiger partial charge in [0, 0.05) is 64.7 Å². The zero-order valence-electron chi connectivity index (χ0n) is 29.5. The summed E-state index contributed by atoms with van der Waals surface area (Å²) in [5.74, 6) is 0. The monoisotopic (exact) mass is 781 g/mol. The molecule has 2 heterocycles. The van der Waals surface area contributed by atoms with E-state index in [1.807, 2.05) is 12.1 Å². The second kappa shape index (κ2) is 20.6. The van der Waals surface area contributed by atoms with E-state index in [0.29, 0.717) is 0 Å². The van der Waals surface area contributed by atoms with Crippen LogP contribution in [0.15, 0.2) is 91.0 Å². The summed E-state index contributed by atoms with van der Waals surface area (Å²) in [5.41, 5.74) is 22.9. The number of aromatic nitrogens is 2. The van der Waals surface area contributed by atoms with E-state index in [2.05, 4.69) is 99.4 Å². The van der Waals surface area contributed by atoms with Gasteiger partial charge in [-0.3, -0.25) is 4.98 Å². The molecule has 0 radical (unpaired) electrons. The number of nitrogens with two attached hydrogens (primary N) is 2. The summed E-state index contributed by atoms with van der Waals surface area (Å²) in [5, 5.41) is 15.9. The Labute approximate surface area is 332 Å². The molecule has 0 saturated heterocycles. The molecule has 7 nitrogen and oxygen atoms in total. The second-order valence-electron chi connectivity index (χ2n) is 13.1. The van der Waals surface area contributed by atoms with E-state index in [1.165, 1.54) is 62.6 Å². The van der Waals surface area contributed by atoms with Crippen LogP contribution in [-0.2, 0) is 19.4 Å². The third-order valence-electron chi connectivity index (χ3n) is 9.66. The van der Waals surface area contributed by atoms with Gasteiger partial charge in [0.05, 0.1) is 16.3 Å². The predicted octanol–water partition coefficient (Wildman–Crippen LogP) is 5.27. The average molecular weight is 784 g/mol. The van der Waals surface area contributed by atoms with Crippen LogP contribution in [0.1, 0.15) is 43.4 Å². The molecular formula is C41H51Cl4N7. The first-order chi connectivity index (χ1) is 23.7. The summed E-state index contributed by atoms with van der Waals surface area (Å²) < 4.78 is 2.44. The standard InChI is InChI=1S/C41H47N7.4ClH/c42-30-17-19-32-33-20-18-31(43)28-39(33)48(41(36(32)27-30)29-11-2-1-3-12-29)26-10-24-45-22-8-21-44-23-9-25-46-40-34-13-4-6-15-37(34)47-38-16-7-5-14-35(38)40;;;;/h1-4,6,11-13,15,17-20,27-28,43-45H,5,7-10,14,16,21-26,42H2,(H,46,47);4*1H. The summed E-state index contributed by atoms with van der Waals surface area (Å²) in [7, 11) is 0. The Hall–Kier alpha value is -3.56. The summed E-state index contributed by atoms with van der Waals surface area (Å²) in [6.07, 6.45) is 7.95. The van der Waals surface area contributed by atoms with E-state index in [1.54, 1.807) is 0 Å². The molecule has 7 rings (SSSR count). The van der Waals surface area contributed by atoms with Crippen LogP contribution in [0.25, 0.3) is 43.8 Å². The molecule has 6 aromatic rings. The zero-order valence-corrected chi connectivity index (χ0v) is 32.7. The number of halogens is 4. The minimum absolute atomic E-state index is 0. The topological polar surface area (TPSA) is 105 Å². The minimum atomic E-state index is 0. The highest BCUT2D eigenvalue weighted by Gasteiger charge is 2.23. The van der Waals surface area contributed by atoms with Gasteiger partial charge in [-0.2, -0.15) is 4.57 Å². The van der Waals surface area contributed by atoms with Crippen LogP contribution in [0.5, 0.6) is 0 Å². The Morgan fingerprint density at radius 3 is 2.02 bits per heavy atom. The first kappa shape index (κ1) is 42.8. The first-order valence-corrected chi connectivity index (χ1v) is 17.7. The van der Waals surface area contributed by atoms with Gasteiger partial charge in [-0.1, -0.05) is 42.5 Å². The number of anilines is 3. The number of hydrogen-bond acceptors (Lipinski definition) is 6. The fourth-order valence-corrected chi connectivity index (χ4v) is 7.35. The average Bonchev–Trinajstić information content (AvgIpc) is 3.11. The highest BCUT2D eigenvalue weighted by atomic mass is 35.5. The number of hydrogen-bond donors (Lipinski definition) is 5. The highest BCUT2D eigenvalue weighted by molar-refractivity contribution is 6.10. The van der Waals surface area contributed by atoms with Crippen LogP contribution in [-0.4, -0.2) is 37.7 Å². The zero-order chi connectivity index (χ0) is 32.7. The van der Waals surface area contributed by atoms with Crippen molar-refractivity contribution in [1.29, 1.82) is 0 Å². The van der Waals surface area contributed by atoms with Crippen molar-refractivity contribution in [2.45, 2.75) is 51.5 Å². The van der Waals surface area contributed by atoms with Crippen LogP contribution in [0, 0.1) is 0 Å². The number of benzene rings is 4. The molecule has 1 aliphatic carbocycles. The lowest BCUT2D eigenvalue weighted by Crippen LogP contribution is -3.00. The molecule has 0 saturated carbocycles. The van der Waals surface area contributed by atoms with Crippen LogP contribution >= 0.6 is 37.2 Å². The summed E-state index contributed by atoms with van der Waals surface area (Å²) in [4.78, 5) is 4.97. The van der Waals surface area contributed by atoms with Crippen molar-refractivity contribution in [3.63, 3.8) is 0 Å². The second-order valence-corrected chi connectivity index (χ2v) is 13.1. The highest BCUT2D eigenvalue weighted by Crippen LogP contribution is 2.34. The molecule has 2 aromatic heterocycles. The van der Waals surface area contributed by atoms with Crippen molar-refractivity contribution in [3.05, 3.63) is 102 Å². The molecule has 278 valence electrons. The number of para-hydroxylation sites is 1. The molecule has 0 bridgehead atoms. The quantitative estimate of drug-likeness (QED) is 0.0447. The number of pyridine rings is 2. The van der Waals surface area contributed by atoms with Crippen LogP contribution in [0.3, 0.4) is 0 Å². The van der Waals surface area contributed by atoms with E-state index >= 15 is 0 Å². The molecule has 0 amide bonds. The smallest absolute Gasteiger partial charge is 0.220 e. The van der Waals surface area contributed by atoms with Gasteiger partial charge in [0.15, 0.2) is 6.54 Å². The number of fused-ring (bicyclic) bond motifs is 5. The van der Waals surface area contributed by atoms with Crippen LogP contribution in [0.4, 0.5) is 17.1 Å². The molecule has 1 aliphatic rings. The predicted molar refractivity (Wildman–Crippen MR) is 224 cm³/mol. The fourth-order valence-electron chi connectivity index (χ4n) is 7.35. The molecule has 7 N–H and O–H groups in total. The maximum absolute atomic E-state index is 6.32. The third kappa shape index (κ3) is 9.70. The summed E-state index contributed by atoms with van der Waals surface area (Å²) in [6.45, 7) is 5.83. The maximum Gasteiger partial charge on any atom is 0.220 e. The van der Waals surface area contributed by atoms with Gasteiger partial charge in [-0.05, 0) is 106 Å². The van der Waals surface area contributed by atoms with E-state index in [4.69, 9.17) is 16.5 Å². The van der Waals surface area contributed by atoms with Gasteiger partial charge < -0.3 is 39.8 Å². The van der Waals surface area contributed by atoms with Crippen molar-refractivity contribution in [3.8, 4) is 11.3 Å². The fraction of sp³-hybridized carbons (Fsp3) is 0.317. The lowest BCUT2D eigenvalue weighted by Gasteiger charge is -2.21. The van der Waals surface area contributed by atoms with Crippen molar-refractivity contribution in [2.24, 2.45) is 0 Å². The number of rotatable bonds is 14. The number of aryl methyl sites for hydroxylation is 2. The van der Waals surface area contributed by atoms with Crippen LogP contribution in [0.2, 0.25) is 0 Å². The Balaban J connectivity index is 0.00000182. The van der Waals surface area contributed by atoms with E-state index in [0.717, 1.165) is 93.8 Å². The Morgan fingerprint density at radius 2 is 1.25 bits per heavy atom. The van der Waals surface area contributed by atoms with Gasteiger partial charge in [0.25, 0.3) is 0 Å². The molecule has 0 fully saturated rings. The van der Waals surface area contributed by atoms with Crippen molar-refractivity contribution in [2.75, 3.05) is 49.5 Å². The molecular weight excluding hydrogens is 732 g/mol. The lowest BCUT2D eigenvalue weighted by atomic mass is 9.92. The van der Waals surface area contributed by atoms with E-state index in [9.17, 15) is 0 Å². The SMILES string of the molecule is Cl.Cl.Cl.Nc1ccc2c(c1)c(-c1ccccc1)[n+](CCCNCCCNCCCNc1c3c(nc4ccccc14)CCCC3)c1cc(N)ccc21.[Cl-]. The molecule has 0 spiro atoms. The van der Waals surface area contributed by atoms with Gasteiger partial charge in [-0.15, -0.1) is 37.2 Å². The van der Waals surface area contributed by atoms with Gasteiger partial charge >= 0.3 is 0 Å². The Bertz CT molecular complexity index is 2040. The molecule has 0 atom stereocenters. The first-order valence-electron chi connectivity index (χ1n) is 17.7. The molecule has 11 heteroatoms. The molecule has 52 heavy (non-hydrogen) atoms. The third-order valence-corrected chi connectivity index (χ3v) is 9.66. The minimum Gasteiger partial charge on any atom is -1.00 e. The van der Waals surface area contributed by atoms with Gasteiger partial charge in [-0.25, -0.2) is 0 Å². The number of nitrogens with one attached hydrogen (secondary N) is 3.